The van der Waals surface area contributed by atoms with Gasteiger partial charge in [0.2, 0.25) is 47.3 Å². The first-order chi connectivity index (χ1) is 38.7. The standard InChI is InChI=1S/C49H83ClN12O20/c1-4-6-7-8-9-10-14-31(64)32(65)21-34(67)54-30-23-82-49(81)37(33(66)22-50)61-47(78)38(39(70)48(79)80)62-40(71)25(5-2)55-46(77)36(24(3)63)60-43(74)28(16-19-53)57-41(72)26(13-11-12-17-51)56-44(75)29(20-35(68)69)59-42(73)27(15-18-52)58-45(30)76/h5,24,26-33,36-39,63-66,70H,4,6-23,51-53H2,1-3H3,(H,54,67)(H,55,77)(H,56,75)(H,57,72)(H,58,76)(H,59,73)(H,60,74)(H,61,78)(H,62,71)(H,68,69)(H,79,80)/b25-5-/t24-,26-,27+,28-,29-,30-,31?,32?,33+,36-,37-,38-,39-/m0/s1. The third-order valence-corrected chi connectivity index (χ3v) is 12.9. The first-order valence-corrected chi connectivity index (χ1v) is 27.3. The average Bonchev–Trinajstić information content (AvgIpc) is 3.55. The number of unbranched alkanes of at least 4 members (excludes halogenated alkanes) is 6. The van der Waals surface area contributed by atoms with E-state index in [0.717, 1.165) is 45.6 Å². The van der Waals surface area contributed by atoms with Crippen molar-refractivity contribution >= 4 is 82.7 Å². The molecule has 0 aromatic rings. The minimum absolute atomic E-state index is 0.0798. The lowest BCUT2D eigenvalue weighted by Crippen LogP contribution is -2.62. The van der Waals surface area contributed by atoms with Crippen LogP contribution in [0.2, 0.25) is 0 Å². The maximum Gasteiger partial charge on any atom is 0.335 e. The zero-order valence-electron chi connectivity index (χ0n) is 46.1. The van der Waals surface area contributed by atoms with Gasteiger partial charge in [0.1, 0.15) is 54.6 Å². The molecule has 0 spiro atoms. The molecule has 0 aromatic heterocycles. The molecule has 82 heavy (non-hydrogen) atoms. The van der Waals surface area contributed by atoms with Gasteiger partial charge in [-0.1, -0.05) is 51.5 Å². The summed E-state index contributed by atoms with van der Waals surface area (Å²) in [5.41, 5.74) is 16.4. The average molecular weight is 1200 g/mol. The zero-order valence-corrected chi connectivity index (χ0v) is 46.8. The number of carboxylic acids is 2. The van der Waals surface area contributed by atoms with Crippen molar-refractivity contribution in [3.63, 3.8) is 0 Å². The molecule has 1 rings (SSSR count). The van der Waals surface area contributed by atoms with Crippen molar-refractivity contribution in [2.75, 3.05) is 32.1 Å². The molecule has 0 aromatic carbocycles. The number of nitrogens with two attached hydrogens (primary N) is 3. The number of carbonyl (C=O) groups is 12. The highest BCUT2D eigenvalue weighted by Crippen LogP contribution is 2.14. The molecular weight excluding hydrogens is 1110 g/mol. The number of carboxylic acid groups (broad SMARTS) is 2. The number of aliphatic hydroxyl groups excluding tert-OH is 5. The number of amides is 9. The first kappa shape index (κ1) is 73.4. The fourth-order valence-corrected chi connectivity index (χ4v) is 8.05. The van der Waals surface area contributed by atoms with Gasteiger partial charge in [-0.15, -0.1) is 11.6 Å². The van der Waals surface area contributed by atoms with Crippen LogP contribution < -0.4 is 65.1 Å². The van der Waals surface area contributed by atoms with Crippen LogP contribution in [0.3, 0.4) is 0 Å². The summed E-state index contributed by atoms with van der Waals surface area (Å²) in [4.78, 5) is 162. The summed E-state index contributed by atoms with van der Waals surface area (Å²) in [5, 5.41) is 92.4. The lowest BCUT2D eigenvalue weighted by atomic mass is 10.0. The van der Waals surface area contributed by atoms with Crippen LogP contribution in [0.5, 0.6) is 0 Å². The number of alkyl halides is 1. The summed E-state index contributed by atoms with van der Waals surface area (Å²) in [7, 11) is 0. The Kier molecular flexibility index (Phi) is 34.8. The number of hydrogen-bond donors (Lipinski definition) is 19. The van der Waals surface area contributed by atoms with Crippen molar-refractivity contribution in [2.45, 2.75) is 190 Å². The predicted molar refractivity (Wildman–Crippen MR) is 287 cm³/mol. The van der Waals surface area contributed by atoms with Crippen molar-refractivity contribution in [3.05, 3.63) is 11.8 Å². The number of cyclic esters (lactones) is 1. The largest absolute Gasteiger partial charge is 0.481 e. The number of rotatable bonds is 26. The highest BCUT2D eigenvalue weighted by Gasteiger charge is 2.41. The highest BCUT2D eigenvalue weighted by molar-refractivity contribution is 6.18. The van der Waals surface area contributed by atoms with E-state index in [1.165, 1.54) is 0 Å². The van der Waals surface area contributed by atoms with E-state index in [1.54, 1.807) is 0 Å². The quantitative estimate of drug-likeness (QED) is 0.0166. The number of aliphatic carboxylic acids is 2. The van der Waals surface area contributed by atoms with E-state index in [2.05, 4.69) is 37.2 Å². The van der Waals surface area contributed by atoms with Crippen molar-refractivity contribution in [1.82, 2.24) is 47.9 Å². The van der Waals surface area contributed by atoms with E-state index in [4.69, 9.17) is 33.5 Å². The molecule has 9 amide bonds. The second kappa shape index (κ2) is 38.9. The number of hydrogen-bond acceptors (Lipinski definition) is 21. The molecule has 466 valence electrons. The van der Waals surface area contributed by atoms with Gasteiger partial charge in [0, 0.05) is 0 Å². The summed E-state index contributed by atoms with van der Waals surface area (Å²) >= 11 is 5.83. The van der Waals surface area contributed by atoms with Crippen molar-refractivity contribution in [2.24, 2.45) is 17.2 Å². The number of allylic oxidation sites excluding steroid dienone is 1. The van der Waals surface area contributed by atoms with Gasteiger partial charge in [-0.05, 0) is 72.0 Å². The maximum atomic E-state index is 14.1. The van der Waals surface area contributed by atoms with E-state index in [-0.39, 0.29) is 45.2 Å². The number of halogens is 1. The van der Waals surface area contributed by atoms with Crippen LogP contribution in [0.15, 0.2) is 11.8 Å². The molecule has 1 heterocycles. The molecule has 13 atom stereocenters. The SMILES string of the molecule is C/C=C1\NC(=O)[C@H]([C@H](C)O)NC(=O)[C@H](CCN)NC(=O)[C@H](CCCCN)NC(=O)[C@H](CC(=O)O)NC(=O)[C@@H](CCN)NC(=O)[C@@H](NC(=O)CC(O)C(O)CCCCCCCC)COC(=O)[C@H]([C@H](O)CCl)NC(=O)[C@H]([C@H](O)C(=O)O)NC1=O. The number of esters is 1. The van der Waals surface area contributed by atoms with Gasteiger partial charge in [0.05, 0.1) is 43.1 Å². The monoisotopic (exact) mass is 1190 g/mol. The maximum absolute atomic E-state index is 14.1. The predicted octanol–water partition coefficient (Wildman–Crippen LogP) is -6.97. The van der Waals surface area contributed by atoms with Gasteiger partial charge in [0.15, 0.2) is 12.1 Å². The molecule has 0 saturated carbocycles. The number of nitrogens with one attached hydrogen (secondary N) is 9. The molecule has 1 aliphatic heterocycles. The molecule has 0 bridgehead atoms. The lowest BCUT2D eigenvalue weighted by Gasteiger charge is -2.28. The van der Waals surface area contributed by atoms with Crippen molar-refractivity contribution < 1.29 is 98.0 Å². The third kappa shape index (κ3) is 26.1. The second-order valence-corrected chi connectivity index (χ2v) is 19.6. The zero-order chi connectivity index (χ0) is 62.2. The van der Waals surface area contributed by atoms with Crippen molar-refractivity contribution in [1.29, 1.82) is 0 Å². The Morgan fingerprint density at radius 3 is 1.68 bits per heavy atom. The second-order valence-electron chi connectivity index (χ2n) is 19.3. The minimum Gasteiger partial charge on any atom is -0.481 e. The normalized spacial score (nSPS) is 25.1. The summed E-state index contributed by atoms with van der Waals surface area (Å²) in [6.45, 7) is 2.39. The van der Waals surface area contributed by atoms with E-state index < -0.39 is 194 Å². The van der Waals surface area contributed by atoms with E-state index >= 15 is 0 Å². The Balaban J connectivity index is 4.09. The summed E-state index contributed by atoms with van der Waals surface area (Å²) < 4.78 is 5.23. The smallest absolute Gasteiger partial charge is 0.335 e. The van der Waals surface area contributed by atoms with E-state index in [9.17, 15) is 93.3 Å². The summed E-state index contributed by atoms with van der Waals surface area (Å²) in [6.07, 6.45) is -6.53. The molecule has 0 radical (unpaired) electrons. The Bertz CT molecular complexity index is 2190. The molecule has 2 unspecified atom stereocenters. The van der Waals surface area contributed by atoms with Crippen LogP contribution in [0.25, 0.3) is 0 Å². The molecule has 1 fully saturated rings. The van der Waals surface area contributed by atoms with Gasteiger partial charge in [-0.3, -0.25) is 47.9 Å². The minimum atomic E-state index is -2.85. The van der Waals surface area contributed by atoms with Crippen molar-refractivity contribution in [3.8, 4) is 0 Å². The fraction of sp³-hybridized carbons (Fsp3) is 0.714. The number of aliphatic hydroxyl groups is 5. The van der Waals surface area contributed by atoms with Crippen LogP contribution in [0.1, 0.15) is 111 Å². The molecule has 22 N–H and O–H groups in total. The van der Waals surface area contributed by atoms with Crippen LogP contribution in [-0.2, 0) is 62.3 Å². The van der Waals surface area contributed by atoms with Crippen LogP contribution in [0.4, 0.5) is 0 Å². The van der Waals surface area contributed by atoms with E-state index in [0.29, 0.717) is 12.8 Å². The van der Waals surface area contributed by atoms with E-state index in [1.807, 2.05) is 17.6 Å². The van der Waals surface area contributed by atoms with Gasteiger partial charge >= 0.3 is 17.9 Å². The van der Waals surface area contributed by atoms with Gasteiger partial charge in [-0.25, -0.2) is 9.59 Å². The Hall–Kier alpha value is -6.65. The molecule has 0 aliphatic carbocycles. The van der Waals surface area contributed by atoms with Gasteiger partial charge < -0.3 is 106 Å². The molecule has 1 saturated heterocycles. The summed E-state index contributed by atoms with van der Waals surface area (Å²) in [6, 6.07) is -16.1. The highest BCUT2D eigenvalue weighted by atomic mass is 35.5. The Labute approximate surface area is 477 Å². The fourth-order valence-electron chi connectivity index (χ4n) is 7.87. The Morgan fingerprint density at radius 1 is 0.634 bits per heavy atom. The molecule has 32 nitrogen and oxygen atoms in total. The third-order valence-electron chi connectivity index (χ3n) is 12.6. The number of ether oxygens (including phenoxy) is 1. The molecule has 33 heteroatoms. The molecule has 1 aliphatic rings. The number of carbonyl (C=O) groups excluding carboxylic acids is 10. The van der Waals surface area contributed by atoms with Crippen LogP contribution >= 0.6 is 11.6 Å². The summed E-state index contributed by atoms with van der Waals surface area (Å²) in [5.74, 6) is -18.2. The van der Waals surface area contributed by atoms with Gasteiger partial charge in [-0.2, -0.15) is 0 Å². The first-order valence-electron chi connectivity index (χ1n) is 26.8. The van der Waals surface area contributed by atoms with Crippen LogP contribution in [-0.4, -0.2) is 218 Å². The van der Waals surface area contributed by atoms with Crippen LogP contribution in [0, 0.1) is 0 Å². The molecular formula is C49H83ClN12O20. The Morgan fingerprint density at radius 2 is 1.16 bits per heavy atom. The lowest BCUT2D eigenvalue weighted by molar-refractivity contribution is -0.155. The topological polar surface area (TPSA) is 542 Å². The van der Waals surface area contributed by atoms with Gasteiger partial charge in [0.25, 0.3) is 5.91 Å².